The van der Waals surface area contributed by atoms with Crippen LogP contribution in [0.2, 0.25) is 0 Å². The minimum absolute atomic E-state index is 0.261. The number of fused-ring (bicyclic) bond motifs is 6. The molecule has 11 rings (SSSR count). The average Bonchev–Trinajstić information content (AvgIpc) is 3.79. The first-order valence-corrected chi connectivity index (χ1v) is 19.0. The van der Waals surface area contributed by atoms with Gasteiger partial charge < -0.3 is 14.5 Å². The van der Waals surface area contributed by atoms with E-state index in [1.54, 1.807) is 0 Å². The molecular weight excluding hydrogens is 683 g/mol. The molecule has 0 saturated heterocycles. The summed E-state index contributed by atoms with van der Waals surface area (Å²) in [6.45, 7) is 0. The number of benzene rings is 8. The fourth-order valence-corrected chi connectivity index (χ4v) is 8.35. The molecule has 3 heterocycles. The number of hydrogen-bond acceptors (Lipinski definition) is 3. The second kappa shape index (κ2) is 13.1. The van der Waals surface area contributed by atoms with Crippen LogP contribution in [0.3, 0.4) is 0 Å². The maximum absolute atomic E-state index is 5.16. The van der Waals surface area contributed by atoms with Gasteiger partial charge in [0.05, 0.1) is 22.1 Å². The van der Waals surface area contributed by atoms with Crippen molar-refractivity contribution < 1.29 is 0 Å². The van der Waals surface area contributed by atoms with E-state index >= 15 is 0 Å². The molecule has 264 valence electrons. The Morgan fingerprint density at radius 1 is 0.375 bits per heavy atom. The van der Waals surface area contributed by atoms with Crippen molar-refractivity contribution in [2.75, 3.05) is 0 Å². The molecule has 0 amide bonds. The number of para-hydroxylation sites is 3. The summed E-state index contributed by atoms with van der Waals surface area (Å²) in [6, 6.07) is 71.1. The topological polar surface area (TPSA) is 46.6 Å². The van der Waals surface area contributed by atoms with Crippen molar-refractivity contribution in [2.24, 2.45) is 9.98 Å². The van der Waals surface area contributed by atoms with Gasteiger partial charge in [0.1, 0.15) is 12.0 Å². The molecule has 1 aliphatic heterocycles. The van der Waals surface area contributed by atoms with Crippen LogP contribution in [0, 0.1) is 0 Å². The van der Waals surface area contributed by atoms with Gasteiger partial charge in [-0.1, -0.05) is 140 Å². The smallest absolute Gasteiger partial charge is 0.159 e. The monoisotopic (exact) mass is 717 g/mol. The van der Waals surface area contributed by atoms with Crippen molar-refractivity contribution in [3.05, 3.63) is 217 Å². The van der Waals surface area contributed by atoms with Gasteiger partial charge in [-0.05, 0) is 77.4 Å². The van der Waals surface area contributed by atoms with E-state index in [9.17, 15) is 0 Å². The van der Waals surface area contributed by atoms with Gasteiger partial charge in [0.15, 0.2) is 5.84 Å². The number of amidine groups is 2. The molecule has 0 saturated carbocycles. The van der Waals surface area contributed by atoms with Gasteiger partial charge in [-0.15, -0.1) is 0 Å². The van der Waals surface area contributed by atoms with Gasteiger partial charge in [-0.25, -0.2) is 9.98 Å². The minimum Gasteiger partial charge on any atom is -0.344 e. The maximum Gasteiger partial charge on any atom is 0.159 e. The van der Waals surface area contributed by atoms with Crippen molar-refractivity contribution >= 4 is 55.3 Å². The summed E-state index contributed by atoms with van der Waals surface area (Å²) in [5.74, 6) is 1.51. The maximum atomic E-state index is 5.16. The molecule has 1 atom stereocenters. The molecular formula is C51H35N5. The Balaban J connectivity index is 1.03. The molecule has 0 bridgehead atoms. The Labute approximate surface area is 324 Å². The number of hydrogen-bond donors (Lipinski definition) is 1. The number of aliphatic imine (C=N–C) groups is 2. The lowest BCUT2D eigenvalue weighted by Crippen LogP contribution is -2.33. The Hall–Kier alpha value is -7.50. The zero-order valence-corrected chi connectivity index (χ0v) is 30.4. The van der Waals surface area contributed by atoms with Crippen molar-refractivity contribution in [1.82, 2.24) is 14.5 Å². The number of rotatable bonds is 6. The lowest BCUT2D eigenvalue weighted by Gasteiger charge is -2.23. The van der Waals surface area contributed by atoms with Crippen LogP contribution < -0.4 is 5.32 Å². The molecule has 0 radical (unpaired) electrons. The first kappa shape index (κ1) is 32.0. The molecule has 56 heavy (non-hydrogen) atoms. The molecule has 0 spiro atoms. The third-order valence-electron chi connectivity index (χ3n) is 11.0. The fraction of sp³-hybridized carbons (Fsp3) is 0.0196. The number of nitrogens with zero attached hydrogens (tertiary/aromatic N) is 4. The van der Waals surface area contributed by atoms with Gasteiger partial charge in [0, 0.05) is 44.0 Å². The van der Waals surface area contributed by atoms with E-state index in [-0.39, 0.29) is 6.17 Å². The highest BCUT2D eigenvalue weighted by Crippen LogP contribution is 2.38. The molecule has 5 nitrogen and oxygen atoms in total. The number of aromatic nitrogens is 2. The summed E-state index contributed by atoms with van der Waals surface area (Å²) in [5.41, 5.74) is 12.4. The van der Waals surface area contributed by atoms with Crippen LogP contribution in [0.4, 0.5) is 0 Å². The predicted octanol–water partition coefficient (Wildman–Crippen LogP) is 12.0. The Morgan fingerprint density at radius 2 is 0.875 bits per heavy atom. The van der Waals surface area contributed by atoms with Crippen molar-refractivity contribution in [1.29, 1.82) is 0 Å². The average molecular weight is 718 g/mol. The first-order chi connectivity index (χ1) is 27.8. The van der Waals surface area contributed by atoms with Crippen LogP contribution >= 0.6 is 0 Å². The normalized spacial score (nSPS) is 14.2. The van der Waals surface area contributed by atoms with Crippen LogP contribution in [0.5, 0.6) is 0 Å². The molecule has 1 aliphatic rings. The third kappa shape index (κ3) is 5.32. The van der Waals surface area contributed by atoms with Crippen LogP contribution in [0.15, 0.2) is 210 Å². The first-order valence-electron chi connectivity index (χ1n) is 19.0. The van der Waals surface area contributed by atoms with E-state index in [0.29, 0.717) is 5.84 Å². The van der Waals surface area contributed by atoms with E-state index in [2.05, 4.69) is 190 Å². The zero-order chi connectivity index (χ0) is 37.0. The molecule has 0 aliphatic carbocycles. The SMILES string of the molecule is c1ccc(C2=NC(c3cccc(-n4c5ccccc5c5cc(-c6ccc7c(c6)c6ccccc6n7-c6ccccc6)ccc54)c3)=NC(c3ccccc3)N2)cc1. The Kier molecular flexibility index (Phi) is 7.49. The van der Waals surface area contributed by atoms with E-state index in [1.165, 1.54) is 43.7 Å². The fourth-order valence-electron chi connectivity index (χ4n) is 8.35. The number of nitrogens with one attached hydrogen (secondary N) is 1. The quantitative estimate of drug-likeness (QED) is 0.183. The second-order valence-electron chi connectivity index (χ2n) is 14.3. The largest absolute Gasteiger partial charge is 0.344 e. The molecule has 10 aromatic rings. The molecule has 8 aromatic carbocycles. The van der Waals surface area contributed by atoms with Crippen molar-refractivity contribution in [2.45, 2.75) is 6.17 Å². The highest BCUT2D eigenvalue weighted by molar-refractivity contribution is 6.14. The van der Waals surface area contributed by atoms with Crippen molar-refractivity contribution in [3.8, 4) is 22.5 Å². The van der Waals surface area contributed by atoms with E-state index in [4.69, 9.17) is 9.98 Å². The minimum atomic E-state index is -0.261. The Morgan fingerprint density at radius 3 is 1.52 bits per heavy atom. The van der Waals surface area contributed by atoms with Crippen LogP contribution in [0.25, 0.3) is 66.1 Å². The molecule has 1 N–H and O–H groups in total. The lowest BCUT2D eigenvalue weighted by atomic mass is 10.0. The predicted molar refractivity (Wildman–Crippen MR) is 232 cm³/mol. The standard InChI is InChI=1S/C51H35N5/c1-4-15-34(16-5-1)49-52-50(35-17-6-2-7-18-35)54-51(53-49)38-19-14-22-40(31-38)56-46-26-13-11-24-42(46)44-33-37(28-30-48(44)56)36-27-29-47-43(32-36)41-23-10-12-25-45(41)55(47)39-20-8-3-9-21-39/h1-33,49H,(H,52,53,54). The molecule has 1 unspecified atom stereocenters. The summed E-state index contributed by atoms with van der Waals surface area (Å²) in [6.07, 6.45) is -0.261. The van der Waals surface area contributed by atoms with Gasteiger partial charge in [-0.2, -0.15) is 0 Å². The van der Waals surface area contributed by atoms with Gasteiger partial charge in [0.2, 0.25) is 0 Å². The highest BCUT2D eigenvalue weighted by Gasteiger charge is 2.22. The summed E-state index contributed by atoms with van der Waals surface area (Å²) in [7, 11) is 0. The van der Waals surface area contributed by atoms with E-state index in [0.717, 1.165) is 44.9 Å². The second-order valence-corrected chi connectivity index (χ2v) is 14.3. The van der Waals surface area contributed by atoms with Gasteiger partial charge >= 0.3 is 0 Å². The lowest BCUT2D eigenvalue weighted by molar-refractivity contribution is 0.674. The molecule has 0 fully saturated rings. The summed E-state index contributed by atoms with van der Waals surface area (Å²) in [4.78, 5) is 10.3. The van der Waals surface area contributed by atoms with Crippen LogP contribution in [-0.2, 0) is 0 Å². The summed E-state index contributed by atoms with van der Waals surface area (Å²) in [5, 5.41) is 8.50. The van der Waals surface area contributed by atoms with Gasteiger partial charge in [0.25, 0.3) is 0 Å². The Bertz CT molecular complexity index is 3150. The highest BCUT2D eigenvalue weighted by atomic mass is 15.2. The van der Waals surface area contributed by atoms with Gasteiger partial charge in [-0.3, -0.25) is 0 Å². The van der Waals surface area contributed by atoms with Crippen LogP contribution in [-0.4, -0.2) is 20.8 Å². The van der Waals surface area contributed by atoms with E-state index < -0.39 is 0 Å². The molecule has 2 aromatic heterocycles. The summed E-state index contributed by atoms with van der Waals surface area (Å²) < 4.78 is 4.73. The summed E-state index contributed by atoms with van der Waals surface area (Å²) >= 11 is 0. The molecule has 5 heteroatoms. The zero-order valence-electron chi connectivity index (χ0n) is 30.4. The van der Waals surface area contributed by atoms with E-state index in [1.807, 2.05) is 24.3 Å². The van der Waals surface area contributed by atoms with Crippen LogP contribution in [0.1, 0.15) is 22.9 Å². The third-order valence-corrected chi connectivity index (χ3v) is 11.0. The van der Waals surface area contributed by atoms with Crippen molar-refractivity contribution in [3.63, 3.8) is 0 Å².